The number of para-hydroxylation sites is 2. The van der Waals surface area contributed by atoms with Crippen LogP contribution in [0.3, 0.4) is 0 Å². The second-order valence-corrected chi connectivity index (χ2v) is 9.37. The quantitative estimate of drug-likeness (QED) is 0.170. The number of hydrogen-bond acceptors (Lipinski definition) is 5. The molecule has 0 saturated carbocycles. The first kappa shape index (κ1) is 26.7. The van der Waals surface area contributed by atoms with Crippen molar-refractivity contribution in [1.82, 2.24) is 4.57 Å². The summed E-state index contributed by atoms with van der Waals surface area (Å²) in [5.74, 6) is -1.30. The molecular formula is C32H25ClN2O5. The summed E-state index contributed by atoms with van der Waals surface area (Å²) < 4.78 is 13.0. The number of rotatable bonds is 7. The van der Waals surface area contributed by atoms with Crippen LogP contribution in [0.2, 0.25) is 5.02 Å². The van der Waals surface area contributed by atoms with Gasteiger partial charge in [0.25, 0.3) is 5.91 Å². The van der Waals surface area contributed by atoms with Gasteiger partial charge in [-0.15, -0.1) is 0 Å². The Labute approximate surface area is 235 Å². The molecular weight excluding hydrogens is 528 g/mol. The van der Waals surface area contributed by atoms with Gasteiger partial charge >= 0.3 is 11.9 Å². The number of esters is 2. The molecule has 8 heteroatoms. The minimum Gasteiger partial charge on any atom is -0.462 e. The van der Waals surface area contributed by atoms with E-state index < -0.39 is 17.8 Å². The number of anilines is 1. The minimum absolute atomic E-state index is 0.168. The Balaban J connectivity index is 1.48. The SMILES string of the molecule is CCOC(=O)c1c(C)n(-c2ccccc2)c2ccc(OC(=O)c3ccccc3NC(=O)c3cccc(Cl)c3)cc12. The van der Waals surface area contributed by atoms with Crippen molar-refractivity contribution in [3.8, 4) is 11.4 Å². The summed E-state index contributed by atoms with van der Waals surface area (Å²) in [7, 11) is 0. The highest BCUT2D eigenvalue weighted by atomic mass is 35.5. The van der Waals surface area contributed by atoms with E-state index in [4.69, 9.17) is 21.1 Å². The standard InChI is InChI=1S/C32H25ClN2O5/c1-3-39-32(38)29-20(2)35(23-12-5-4-6-13-23)28-17-16-24(19-26(28)29)40-31(37)25-14-7-8-15-27(25)34-30(36)21-10-9-11-22(33)18-21/h4-19H,3H2,1-2H3,(H,34,36). The number of nitrogens with one attached hydrogen (secondary N) is 1. The molecule has 0 fully saturated rings. The smallest absolute Gasteiger partial charge is 0.345 e. The third-order valence-electron chi connectivity index (χ3n) is 6.36. The highest BCUT2D eigenvalue weighted by Crippen LogP contribution is 2.33. The van der Waals surface area contributed by atoms with Crippen molar-refractivity contribution in [2.75, 3.05) is 11.9 Å². The fourth-order valence-electron chi connectivity index (χ4n) is 4.59. The Hall–Kier alpha value is -4.88. The topological polar surface area (TPSA) is 86.6 Å². The van der Waals surface area contributed by atoms with Crippen molar-refractivity contribution in [3.05, 3.63) is 124 Å². The number of ether oxygens (including phenoxy) is 2. The van der Waals surface area contributed by atoms with Crippen LogP contribution in [0, 0.1) is 6.92 Å². The molecule has 40 heavy (non-hydrogen) atoms. The minimum atomic E-state index is -0.668. The van der Waals surface area contributed by atoms with Crippen LogP contribution in [-0.2, 0) is 4.74 Å². The molecule has 5 aromatic rings. The second-order valence-electron chi connectivity index (χ2n) is 8.93. The third-order valence-corrected chi connectivity index (χ3v) is 6.60. The lowest BCUT2D eigenvalue weighted by atomic mass is 10.1. The van der Waals surface area contributed by atoms with Crippen LogP contribution < -0.4 is 10.1 Å². The molecule has 200 valence electrons. The summed E-state index contributed by atoms with van der Waals surface area (Å²) in [6, 6.07) is 27.8. The van der Waals surface area contributed by atoms with Gasteiger partial charge in [0.2, 0.25) is 0 Å². The second kappa shape index (κ2) is 11.5. The number of fused-ring (bicyclic) bond motifs is 1. The number of aromatic nitrogens is 1. The van der Waals surface area contributed by atoms with Gasteiger partial charge in [0.05, 0.1) is 28.9 Å². The first-order chi connectivity index (χ1) is 19.4. The molecule has 1 N–H and O–H groups in total. The van der Waals surface area contributed by atoms with E-state index in [1.807, 2.05) is 41.8 Å². The van der Waals surface area contributed by atoms with E-state index in [9.17, 15) is 14.4 Å². The van der Waals surface area contributed by atoms with Crippen molar-refractivity contribution in [2.24, 2.45) is 0 Å². The summed E-state index contributed by atoms with van der Waals surface area (Å²) in [5, 5.41) is 3.77. The first-order valence-corrected chi connectivity index (χ1v) is 13.0. The first-order valence-electron chi connectivity index (χ1n) is 12.6. The van der Waals surface area contributed by atoms with Gasteiger partial charge in [-0.2, -0.15) is 0 Å². The number of halogens is 1. The number of nitrogens with zero attached hydrogens (tertiary/aromatic N) is 1. The van der Waals surface area contributed by atoms with E-state index >= 15 is 0 Å². The predicted molar refractivity (Wildman–Crippen MR) is 155 cm³/mol. The molecule has 0 bridgehead atoms. The van der Waals surface area contributed by atoms with Gasteiger partial charge in [0, 0.05) is 27.4 Å². The van der Waals surface area contributed by atoms with E-state index in [1.54, 1.807) is 67.6 Å². The van der Waals surface area contributed by atoms with Crippen LogP contribution in [0.1, 0.15) is 43.7 Å². The van der Waals surface area contributed by atoms with E-state index in [1.165, 1.54) is 6.07 Å². The molecule has 0 aliphatic heterocycles. The molecule has 4 aromatic carbocycles. The molecule has 7 nitrogen and oxygen atoms in total. The maximum atomic E-state index is 13.3. The van der Waals surface area contributed by atoms with Crippen LogP contribution in [-0.4, -0.2) is 29.0 Å². The Morgan fingerprint density at radius 2 is 1.60 bits per heavy atom. The number of carbonyl (C=O) groups excluding carboxylic acids is 3. The van der Waals surface area contributed by atoms with E-state index in [-0.39, 0.29) is 23.6 Å². The highest BCUT2D eigenvalue weighted by Gasteiger charge is 2.23. The highest BCUT2D eigenvalue weighted by molar-refractivity contribution is 6.31. The molecule has 1 heterocycles. The molecule has 0 spiro atoms. The number of hydrogen-bond donors (Lipinski definition) is 1. The van der Waals surface area contributed by atoms with Gasteiger partial charge in [-0.25, -0.2) is 9.59 Å². The third kappa shape index (κ3) is 5.32. The molecule has 0 saturated heterocycles. The maximum absolute atomic E-state index is 13.3. The molecule has 1 amide bonds. The van der Waals surface area contributed by atoms with Crippen LogP contribution in [0.25, 0.3) is 16.6 Å². The molecule has 0 atom stereocenters. The van der Waals surface area contributed by atoms with Crippen LogP contribution in [0.4, 0.5) is 5.69 Å². The lowest BCUT2D eigenvalue weighted by Crippen LogP contribution is -2.17. The van der Waals surface area contributed by atoms with Gasteiger partial charge in [-0.1, -0.05) is 48.0 Å². The van der Waals surface area contributed by atoms with E-state index in [0.29, 0.717) is 27.2 Å². The zero-order valence-corrected chi connectivity index (χ0v) is 22.6. The van der Waals surface area contributed by atoms with Gasteiger partial charge in [0.15, 0.2) is 0 Å². The van der Waals surface area contributed by atoms with Crippen LogP contribution >= 0.6 is 11.6 Å². The van der Waals surface area contributed by atoms with E-state index in [0.717, 1.165) is 11.2 Å². The zero-order valence-electron chi connectivity index (χ0n) is 21.8. The van der Waals surface area contributed by atoms with Gasteiger partial charge in [-0.3, -0.25) is 4.79 Å². The summed E-state index contributed by atoms with van der Waals surface area (Å²) in [6.07, 6.45) is 0. The van der Waals surface area contributed by atoms with Crippen molar-refractivity contribution in [3.63, 3.8) is 0 Å². The van der Waals surface area contributed by atoms with Gasteiger partial charge in [0.1, 0.15) is 5.75 Å². The summed E-state index contributed by atoms with van der Waals surface area (Å²) in [4.78, 5) is 39.0. The maximum Gasteiger partial charge on any atom is 0.345 e. The molecule has 0 aliphatic rings. The number of carbonyl (C=O) groups is 3. The molecule has 5 rings (SSSR count). The van der Waals surface area contributed by atoms with Crippen molar-refractivity contribution in [2.45, 2.75) is 13.8 Å². The predicted octanol–water partition coefficient (Wildman–Crippen LogP) is 7.24. The lowest BCUT2D eigenvalue weighted by molar-refractivity contribution is 0.0527. The lowest BCUT2D eigenvalue weighted by Gasteiger charge is -2.11. The number of amides is 1. The fraction of sp³-hybridized carbons (Fsp3) is 0.0938. The summed E-state index contributed by atoms with van der Waals surface area (Å²) >= 11 is 6.01. The van der Waals surface area contributed by atoms with E-state index in [2.05, 4.69) is 5.32 Å². The summed E-state index contributed by atoms with van der Waals surface area (Å²) in [5.41, 5.74) is 3.56. The van der Waals surface area contributed by atoms with Crippen LogP contribution in [0.15, 0.2) is 97.1 Å². The van der Waals surface area contributed by atoms with Crippen molar-refractivity contribution in [1.29, 1.82) is 0 Å². The Bertz CT molecular complexity index is 1740. The zero-order chi connectivity index (χ0) is 28.2. The Kier molecular flexibility index (Phi) is 7.66. The number of benzene rings is 4. The largest absolute Gasteiger partial charge is 0.462 e. The fourth-order valence-corrected chi connectivity index (χ4v) is 4.78. The normalized spacial score (nSPS) is 10.8. The molecule has 1 aromatic heterocycles. The van der Waals surface area contributed by atoms with Crippen molar-refractivity contribution >= 4 is 46.0 Å². The Morgan fingerprint density at radius 3 is 2.35 bits per heavy atom. The van der Waals surface area contributed by atoms with Crippen molar-refractivity contribution < 1.29 is 23.9 Å². The average Bonchev–Trinajstić information content (AvgIpc) is 3.24. The van der Waals surface area contributed by atoms with Crippen LogP contribution in [0.5, 0.6) is 5.75 Å². The van der Waals surface area contributed by atoms with Gasteiger partial charge < -0.3 is 19.4 Å². The monoisotopic (exact) mass is 552 g/mol. The Morgan fingerprint density at radius 1 is 0.850 bits per heavy atom. The summed E-state index contributed by atoms with van der Waals surface area (Å²) in [6.45, 7) is 3.83. The van der Waals surface area contributed by atoms with Gasteiger partial charge in [-0.05, 0) is 74.5 Å². The molecule has 0 radical (unpaired) electrons. The molecule has 0 aliphatic carbocycles. The molecule has 0 unspecified atom stereocenters. The average molecular weight is 553 g/mol.